The number of ketones is 1. The second-order valence-corrected chi connectivity index (χ2v) is 4.67. The molecule has 0 N–H and O–H groups in total. The number of hydrogen-bond donors (Lipinski definition) is 0. The second kappa shape index (κ2) is 6.97. The van der Waals surface area contributed by atoms with Crippen LogP contribution in [0.4, 0.5) is 0 Å². The molecule has 0 fully saturated rings. The molecule has 1 aromatic rings. The molecule has 0 amide bonds. The number of carbonyl (C=O) groups excluding carboxylic acids is 1. The third kappa shape index (κ3) is 4.72. The number of benzene rings is 1. The first-order valence-corrected chi connectivity index (χ1v) is 6.03. The van der Waals surface area contributed by atoms with Crippen LogP contribution in [0, 0.1) is 5.92 Å². The van der Waals surface area contributed by atoms with Crippen molar-refractivity contribution in [1.82, 2.24) is 4.90 Å². The fourth-order valence-electron chi connectivity index (χ4n) is 1.70. The summed E-state index contributed by atoms with van der Waals surface area (Å²) in [6, 6.07) is 7.62. The Morgan fingerprint density at radius 2 is 1.94 bits per heavy atom. The maximum Gasteiger partial charge on any atom is 0.159 e. The van der Waals surface area contributed by atoms with Crippen molar-refractivity contribution < 1.29 is 9.53 Å². The van der Waals surface area contributed by atoms with E-state index >= 15 is 0 Å². The number of hydrogen-bond acceptors (Lipinski definition) is 3. The molecule has 0 aliphatic rings. The normalized spacial score (nSPS) is 12.9. The summed E-state index contributed by atoms with van der Waals surface area (Å²) in [4.78, 5) is 13.9. The zero-order valence-electron chi connectivity index (χ0n) is 11.5. The van der Waals surface area contributed by atoms with Gasteiger partial charge in [0.1, 0.15) is 5.75 Å². The first-order chi connectivity index (χ1) is 8.52. The summed E-state index contributed by atoms with van der Waals surface area (Å²) in [6.45, 7) is 2.71. The number of ether oxygens (including phenoxy) is 1. The van der Waals surface area contributed by atoms with Gasteiger partial charge in [-0.05, 0) is 37.9 Å². The van der Waals surface area contributed by atoms with E-state index in [1.54, 1.807) is 13.2 Å². The molecule has 0 aliphatic carbocycles. The molecule has 0 unspecified atom stereocenters. The lowest BCUT2D eigenvalue weighted by Crippen LogP contribution is -2.24. The molecule has 0 aromatic heterocycles. The van der Waals surface area contributed by atoms with Gasteiger partial charge in [0.15, 0.2) is 5.78 Å². The monoisotopic (exact) mass is 247 g/mol. The van der Waals surface area contributed by atoms with Gasteiger partial charge in [-0.2, -0.15) is 0 Å². The molecule has 0 aliphatic heterocycles. The Hall–Kier alpha value is -1.61. The topological polar surface area (TPSA) is 29.5 Å². The lowest BCUT2D eigenvalue weighted by Gasteiger charge is -2.13. The van der Waals surface area contributed by atoms with E-state index in [2.05, 4.69) is 0 Å². The smallest absolute Gasteiger partial charge is 0.159 e. The van der Waals surface area contributed by atoms with Gasteiger partial charge in [0.25, 0.3) is 0 Å². The molecule has 1 atom stereocenters. The van der Waals surface area contributed by atoms with Crippen molar-refractivity contribution in [3.8, 4) is 5.75 Å². The quantitative estimate of drug-likeness (QED) is 0.723. The zero-order valence-corrected chi connectivity index (χ0v) is 11.5. The van der Waals surface area contributed by atoms with Crippen molar-refractivity contribution in [1.29, 1.82) is 0 Å². The van der Waals surface area contributed by atoms with Crippen LogP contribution in [0.15, 0.2) is 30.3 Å². The zero-order chi connectivity index (χ0) is 13.5. The van der Waals surface area contributed by atoms with E-state index in [0.717, 1.165) is 17.9 Å². The van der Waals surface area contributed by atoms with E-state index in [9.17, 15) is 4.79 Å². The third-order valence-corrected chi connectivity index (χ3v) is 2.68. The first kappa shape index (κ1) is 14.5. The van der Waals surface area contributed by atoms with Crippen molar-refractivity contribution in [2.75, 3.05) is 27.7 Å². The highest BCUT2D eigenvalue weighted by Gasteiger charge is 2.10. The van der Waals surface area contributed by atoms with Gasteiger partial charge >= 0.3 is 0 Å². The van der Waals surface area contributed by atoms with Crippen molar-refractivity contribution in [2.45, 2.75) is 6.92 Å². The average Bonchev–Trinajstić information content (AvgIpc) is 2.35. The van der Waals surface area contributed by atoms with Crippen LogP contribution in [0.25, 0.3) is 6.08 Å². The summed E-state index contributed by atoms with van der Waals surface area (Å²) >= 11 is 0. The molecule has 0 saturated heterocycles. The van der Waals surface area contributed by atoms with Crippen LogP contribution >= 0.6 is 0 Å². The summed E-state index contributed by atoms with van der Waals surface area (Å²) in [6.07, 6.45) is 3.49. The molecule has 0 spiro atoms. The Bertz CT molecular complexity index is 407. The third-order valence-electron chi connectivity index (χ3n) is 2.68. The van der Waals surface area contributed by atoms with E-state index < -0.39 is 0 Å². The maximum absolute atomic E-state index is 11.8. The van der Waals surface area contributed by atoms with Crippen LogP contribution in [0.1, 0.15) is 12.5 Å². The maximum atomic E-state index is 11.8. The molecular weight excluding hydrogens is 226 g/mol. The lowest BCUT2D eigenvalue weighted by molar-refractivity contribution is -0.118. The standard InChI is InChI=1S/C15H21NO2/c1-12(11-16(2)3)15(17)10-7-13-5-8-14(18-4)9-6-13/h5-10,12H,11H2,1-4H3/b10-7+/t12-/m0/s1. The predicted octanol–water partition coefficient (Wildman–Crippen LogP) is 2.48. The highest BCUT2D eigenvalue weighted by Crippen LogP contribution is 2.12. The number of allylic oxidation sites excluding steroid dienone is 1. The molecule has 3 nitrogen and oxygen atoms in total. The van der Waals surface area contributed by atoms with Gasteiger partial charge in [0, 0.05) is 12.5 Å². The Kier molecular flexibility index (Phi) is 5.59. The summed E-state index contributed by atoms with van der Waals surface area (Å²) in [5.41, 5.74) is 1.00. The van der Waals surface area contributed by atoms with Crippen molar-refractivity contribution >= 4 is 11.9 Å². The van der Waals surface area contributed by atoms with E-state index in [-0.39, 0.29) is 11.7 Å². The van der Waals surface area contributed by atoms with E-state index in [1.807, 2.05) is 56.3 Å². The molecule has 0 heterocycles. The van der Waals surface area contributed by atoms with Gasteiger partial charge in [-0.1, -0.05) is 25.1 Å². The van der Waals surface area contributed by atoms with Gasteiger partial charge in [0.2, 0.25) is 0 Å². The van der Waals surface area contributed by atoms with Gasteiger partial charge < -0.3 is 9.64 Å². The number of rotatable bonds is 6. The Morgan fingerprint density at radius 3 is 2.44 bits per heavy atom. The molecule has 0 radical (unpaired) electrons. The van der Waals surface area contributed by atoms with Gasteiger partial charge in [0.05, 0.1) is 7.11 Å². The molecule has 0 bridgehead atoms. The van der Waals surface area contributed by atoms with E-state index in [1.165, 1.54) is 0 Å². The average molecular weight is 247 g/mol. The molecule has 98 valence electrons. The highest BCUT2D eigenvalue weighted by molar-refractivity contribution is 5.95. The molecule has 1 rings (SSSR count). The number of carbonyl (C=O) groups is 1. The Morgan fingerprint density at radius 1 is 1.33 bits per heavy atom. The first-order valence-electron chi connectivity index (χ1n) is 6.03. The van der Waals surface area contributed by atoms with Gasteiger partial charge in [-0.25, -0.2) is 0 Å². The van der Waals surface area contributed by atoms with E-state index in [0.29, 0.717) is 0 Å². The minimum atomic E-state index is 0.0227. The summed E-state index contributed by atoms with van der Waals surface area (Å²) in [7, 11) is 5.57. The Balaban J connectivity index is 2.59. The van der Waals surface area contributed by atoms with E-state index in [4.69, 9.17) is 4.74 Å². The minimum absolute atomic E-state index is 0.0227. The fourth-order valence-corrected chi connectivity index (χ4v) is 1.70. The lowest BCUT2D eigenvalue weighted by atomic mass is 10.0. The highest BCUT2D eigenvalue weighted by atomic mass is 16.5. The van der Waals surface area contributed by atoms with Crippen molar-refractivity contribution in [2.24, 2.45) is 5.92 Å². The fraction of sp³-hybridized carbons (Fsp3) is 0.400. The van der Waals surface area contributed by atoms with Crippen LogP contribution in [0.3, 0.4) is 0 Å². The largest absolute Gasteiger partial charge is 0.497 e. The molecule has 3 heteroatoms. The van der Waals surface area contributed by atoms with Crippen LogP contribution in [-0.2, 0) is 4.79 Å². The predicted molar refractivity (Wildman–Crippen MR) is 74.8 cm³/mol. The second-order valence-electron chi connectivity index (χ2n) is 4.67. The molecule has 1 aromatic carbocycles. The molecule has 0 saturated carbocycles. The molecule has 18 heavy (non-hydrogen) atoms. The SMILES string of the molecule is COc1ccc(/C=C/C(=O)[C@@H](C)CN(C)C)cc1. The number of nitrogens with zero attached hydrogens (tertiary/aromatic N) is 1. The van der Waals surface area contributed by atoms with Crippen molar-refractivity contribution in [3.63, 3.8) is 0 Å². The van der Waals surface area contributed by atoms with Crippen LogP contribution < -0.4 is 4.74 Å². The summed E-state index contributed by atoms with van der Waals surface area (Å²) in [5.74, 6) is 0.994. The van der Waals surface area contributed by atoms with Gasteiger partial charge in [-0.3, -0.25) is 4.79 Å². The molecular formula is C15H21NO2. The van der Waals surface area contributed by atoms with Crippen LogP contribution in [-0.4, -0.2) is 38.4 Å². The summed E-state index contributed by atoms with van der Waals surface area (Å²) < 4.78 is 5.08. The van der Waals surface area contributed by atoms with Crippen molar-refractivity contribution in [3.05, 3.63) is 35.9 Å². The minimum Gasteiger partial charge on any atom is -0.497 e. The van der Waals surface area contributed by atoms with Crippen LogP contribution in [0.5, 0.6) is 5.75 Å². The van der Waals surface area contributed by atoms with Crippen LogP contribution in [0.2, 0.25) is 0 Å². The Labute approximate surface area is 109 Å². The number of methoxy groups -OCH3 is 1. The summed E-state index contributed by atoms with van der Waals surface area (Å²) in [5, 5.41) is 0. The van der Waals surface area contributed by atoms with Gasteiger partial charge in [-0.15, -0.1) is 0 Å².